The first-order valence-electron chi connectivity index (χ1n) is 21.3. The number of aliphatic hydroxyl groups is 3. The first-order chi connectivity index (χ1) is 27.9. The number of carbonyl (C=O) groups is 2. The number of unbranched alkanes of at least 4 members (excludes halogenated alkanes) is 1. The molecule has 6 rings (SSSR count). The van der Waals surface area contributed by atoms with Gasteiger partial charge in [-0.15, -0.1) is 0 Å². The second-order valence-electron chi connectivity index (χ2n) is 16.6. The molecule has 0 aliphatic carbocycles. The molecule has 58 heavy (non-hydrogen) atoms. The summed E-state index contributed by atoms with van der Waals surface area (Å²) in [5.41, 5.74) is 0.945. The number of allylic oxidation sites excluding steroid dienone is 7. The van der Waals surface area contributed by atoms with Gasteiger partial charge in [0.05, 0.1) is 42.7 Å². The van der Waals surface area contributed by atoms with Crippen LogP contribution in [0.15, 0.2) is 96.7 Å². The summed E-state index contributed by atoms with van der Waals surface area (Å²) in [7, 11) is 0. The zero-order valence-electron chi connectivity index (χ0n) is 34.5. The monoisotopic (exact) mass is 806 g/mol. The van der Waals surface area contributed by atoms with E-state index in [2.05, 4.69) is 32.1 Å². The minimum atomic E-state index is -1.18. The summed E-state index contributed by atoms with van der Waals surface area (Å²) in [6.45, 7) is 8.15. The zero-order chi connectivity index (χ0) is 41.6. The van der Waals surface area contributed by atoms with Gasteiger partial charge in [0.2, 0.25) is 0 Å². The quantitative estimate of drug-likeness (QED) is 0.122. The second kappa shape index (κ2) is 22.8. The van der Waals surface area contributed by atoms with Crippen LogP contribution in [0.25, 0.3) is 0 Å². The largest absolute Gasteiger partial charge is 0.481 e. The van der Waals surface area contributed by atoms with E-state index in [1.807, 2.05) is 62.5 Å². The number of esters is 1. The molecule has 0 spiro atoms. The fourth-order valence-corrected chi connectivity index (χ4v) is 8.38. The highest BCUT2D eigenvalue weighted by Gasteiger charge is 2.45. The fraction of sp³-hybridized carbons (Fsp3) is 0.617. The van der Waals surface area contributed by atoms with Gasteiger partial charge in [0.25, 0.3) is 0 Å². The van der Waals surface area contributed by atoms with Crippen LogP contribution in [-0.2, 0) is 33.3 Å². The van der Waals surface area contributed by atoms with Crippen molar-refractivity contribution < 1.29 is 53.7 Å². The predicted octanol–water partition coefficient (Wildman–Crippen LogP) is 6.80. The van der Waals surface area contributed by atoms with Crippen molar-refractivity contribution in [3.8, 4) is 0 Å². The lowest BCUT2D eigenvalue weighted by molar-refractivity contribution is -0.175. The summed E-state index contributed by atoms with van der Waals surface area (Å²) < 4.78 is 31.5. The van der Waals surface area contributed by atoms with Crippen molar-refractivity contribution >= 4 is 11.9 Å². The third-order valence-electron chi connectivity index (χ3n) is 12.0. The van der Waals surface area contributed by atoms with Crippen LogP contribution < -0.4 is 0 Å². The molecule has 0 aromatic rings. The van der Waals surface area contributed by atoms with E-state index >= 15 is 0 Å². The maximum absolute atomic E-state index is 13.0. The molecular weight excluding hydrogens is 741 g/mol. The lowest BCUT2D eigenvalue weighted by Crippen LogP contribution is -2.50. The van der Waals surface area contributed by atoms with Crippen LogP contribution in [0.5, 0.6) is 0 Å². The normalized spacial score (nSPS) is 41.7. The van der Waals surface area contributed by atoms with Crippen LogP contribution in [-0.4, -0.2) is 106 Å². The molecule has 11 heteroatoms. The Morgan fingerprint density at radius 2 is 1.53 bits per heavy atom. The first kappa shape index (κ1) is 45.7. The van der Waals surface area contributed by atoms with Crippen molar-refractivity contribution in [2.24, 2.45) is 17.8 Å². The molecular formula is C47H66O11. The summed E-state index contributed by atoms with van der Waals surface area (Å²) in [5.74, 6) is -1.09. The average Bonchev–Trinajstić information content (AvgIpc) is 3.54. The predicted molar refractivity (Wildman–Crippen MR) is 222 cm³/mol. The summed E-state index contributed by atoms with van der Waals surface area (Å²) >= 11 is 0. The van der Waals surface area contributed by atoms with Crippen LogP contribution in [0, 0.1) is 17.8 Å². The molecule has 3 saturated heterocycles. The highest BCUT2D eigenvalue weighted by molar-refractivity contribution is 5.82. The minimum absolute atomic E-state index is 0.0508. The lowest BCUT2D eigenvalue weighted by atomic mass is 9.85. The van der Waals surface area contributed by atoms with Gasteiger partial charge in [-0.05, 0) is 63.0 Å². The Bertz CT molecular complexity index is 1570. The van der Waals surface area contributed by atoms with Gasteiger partial charge < -0.3 is 44.1 Å². The molecule has 6 aliphatic rings. The number of aliphatic hydroxyl groups excluding tert-OH is 3. The van der Waals surface area contributed by atoms with Gasteiger partial charge in [0.15, 0.2) is 6.10 Å². The van der Waals surface area contributed by atoms with E-state index in [0.29, 0.717) is 25.7 Å². The number of rotatable bonds is 7. The van der Waals surface area contributed by atoms with E-state index in [0.717, 1.165) is 31.3 Å². The van der Waals surface area contributed by atoms with E-state index in [-0.39, 0.29) is 67.2 Å². The van der Waals surface area contributed by atoms with Crippen LogP contribution in [0.3, 0.4) is 0 Å². The van der Waals surface area contributed by atoms with E-state index < -0.39 is 48.6 Å². The van der Waals surface area contributed by atoms with Gasteiger partial charge in [-0.1, -0.05) is 106 Å². The van der Waals surface area contributed by atoms with E-state index in [4.69, 9.17) is 28.8 Å². The third kappa shape index (κ3) is 13.6. The SMILES string of the molecule is C/C(=C\[C@H](C)CCCCC(=O)O)[C@H]1O[C@@H]2C=CC1OC(=O)\C=C/C=C\C=C\C1OC3CC1O[C@@H](/C=C/CC1OC(CC(O)C1C)[C@@H](O)[C@@H](O)/C=C/CC/C=C/C2)C3C. The summed E-state index contributed by atoms with van der Waals surface area (Å²) in [6, 6.07) is 0. The smallest absolute Gasteiger partial charge is 0.331 e. The van der Waals surface area contributed by atoms with Crippen molar-refractivity contribution in [3.63, 3.8) is 0 Å². The Morgan fingerprint density at radius 1 is 0.759 bits per heavy atom. The molecule has 0 aromatic carbocycles. The topological polar surface area (TPSA) is 161 Å². The van der Waals surface area contributed by atoms with Crippen LogP contribution in [0.4, 0.5) is 0 Å². The molecule has 0 aromatic heterocycles. The third-order valence-corrected chi connectivity index (χ3v) is 12.0. The molecule has 9 unspecified atom stereocenters. The number of aliphatic carboxylic acids is 1. The minimum Gasteiger partial charge on any atom is -0.481 e. The van der Waals surface area contributed by atoms with Gasteiger partial charge in [0.1, 0.15) is 24.4 Å². The molecule has 4 N–H and O–H groups in total. The highest BCUT2D eigenvalue weighted by Crippen LogP contribution is 2.38. The summed E-state index contributed by atoms with van der Waals surface area (Å²) in [6.07, 6.45) is 28.3. The number of hydrogen-bond donors (Lipinski definition) is 4. The van der Waals surface area contributed by atoms with Crippen molar-refractivity contribution in [2.45, 2.75) is 165 Å². The average molecular weight is 807 g/mol. The van der Waals surface area contributed by atoms with Gasteiger partial charge in [0, 0.05) is 37.2 Å². The van der Waals surface area contributed by atoms with Gasteiger partial charge in [-0.25, -0.2) is 4.79 Å². The molecule has 0 radical (unpaired) electrons. The molecule has 7 bridgehead atoms. The Kier molecular flexibility index (Phi) is 18.0. The Hall–Kier alpha value is -3.42. The molecule has 11 nitrogen and oxygen atoms in total. The molecule has 3 fully saturated rings. The molecule has 15 atom stereocenters. The fourth-order valence-electron chi connectivity index (χ4n) is 8.38. The standard InChI is InChI=1S/C47H66O11/c1-30(17-14-15-23-44(50)51)27-31(2)47-40-26-25-34(54-47)18-10-6-5-7-11-19-35(48)46(53)43-28-36(49)32(3)37(56-43)21-16-22-38-33(4)41-29-42(55-38)39(57-41)20-12-8-9-13-24-45(52)58-40/h6,8-13,16,19-20,22,24-27,30,32-43,46-49,53H,5,7,14-15,17-18,21,23,28-29H2,1-4H3,(H,50,51)/b9-8-,10-6+,19-11+,20-12+,22-16+,24-13-,31-27+/t30-,32?,33?,34+,35+,36?,37?,38+,39?,40?,41?,42?,43?,46+,47-/m1/s1. The number of carboxylic acids is 1. The molecule has 6 aliphatic heterocycles. The second-order valence-corrected chi connectivity index (χ2v) is 16.6. The van der Waals surface area contributed by atoms with Crippen molar-refractivity contribution in [3.05, 3.63) is 96.7 Å². The lowest BCUT2D eigenvalue weighted by Gasteiger charge is -2.40. The van der Waals surface area contributed by atoms with Gasteiger partial charge in [-0.2, -0.15) is 0 Å². The Labute approximate surface area is 344 Å². The van der Waals surface area contributed by atoms with Gasteiger partial charge in [-0.3, -0.25) is 4.79 Å². The highest BCUT2D eigenvalue weighted by atomic mass is 16.6. The first-order valence-corrected chi connectivity index (χ1v) is 21.3. The van der Waals surface area contributed by atoms with Crippen LogP contribution in [0.2, 0.25) is 0 Å². The summed E-state index contributed by atoms with van der Waals surface area (Å²) in [4.78, 5) is 23.9. The van der Waals surface area contributed by atoms with E-state index in [1.165, 1.54) is 6.08 Å². The number of hydrogen-bond acceptors (Lipinski definition) is 10. The maximum Gasteiger partial charge on any atom is 0.331 e. The number of carbonyl (C=O) groups excluding carboxylic acids is 1. The molecule has 6 heterocycles. The Balaban J connectivity index is 1.29. The molecule has 0 amide bonds. The van der Waals surface area contributed by atoms with Crippen molar-refractivity contribution in [2.75, 3.05) is 0 Å². The number of carboxylic acid groups (broad SMARTS) is 1. The van der Waals surface area contributed by atoms with E-state index in [9.17, 15) is 24.9 Å². The molecule has 320 valence electrons. The van der Waals surface area contributed by atoms with Gasteiger partial charge >= 0.3 is 11.9 Å². The number of ether oxygens (including phenoxy) is 5. The zero-order valence-corrected chi connectivity index (χ0v) is 34.5. The maximum atomic E-state index is 13.0. The van der Waals surface area contributed by atoms with Crippen LogP contribution in [0.1, 0.15) is 91.9 Å². The van der Waals surface area contributed by atoms with Crippen LogP contribution >= 0.6 is 0 Å². The van der Waals surface area contributed by atoms with Crippen molar-refractivity contribution in [1.29, 1.82) is 0 Å². The molecule has 0 saturated carbocycles. The summed E-state index contributed by atoms with van der Waals surface area (Å²) in [5, 5.41) is 41.7. The Morgan fingerprint density at radius 3 is 2.34 bits per heavy atom. The number of fused-ring (bicyclic) bond motifs is 13. The van der Waals surface area contributed by atoms with Crippen molar-refractivity contribution in [1.82, 2.24) is 0 Å². The van der Waals surface area contributed by atoms with E-state index in [1.54, 1.807) is 18.2 Å².